The highest BCUT2D eigenvalue weighted by atomic mass is 79.9. The summed E-state index contributed by atoms with van der Waals surface area (Å²) in [4.78, 5) is 5.64. The molecular formula is C13H18BrNO. The minimum Gasteiger partial charge on any atom is -0.296 e. The Labute approximate surface area is 105 Å². The van der Waals surface area contributed by atoms with Crippen molar-refractivity contribution in [2.45, 2.75) is 45.3 Å². The second-order valence-corrected chi connectivity index (χ2v) is 6.09. The van der Waals surface area contributed by atoms with E-state index in [2.05, 4.69) is 60.4 Å². The first-order chi connectivity index (χ1) is 7.47. The van der Waals surface area contributed by atoms with Crippen LogP contribution in [-0.2, 0) is 11.3 Å². The molecule has 1 N–H and O–H groups in total. The number of fused-ring (bicyclic) bond motifs is 1. The number of halogens is 1. The van der Waals surface area contributed by atoms with Crippen molar-refractivity contribution in [3.63, 3.8) is 0 Å². The van der Waals surface area contributed by atoms with Gasteiger partial charge >= 0.3 is 0 Å². The molecule has 0 fully saturated rings. The lowest BCUT2D eigenvalue weighted by Gasteiger charge is -2.23. The molecule has 1 atom stereocenters. The maximum absolute atomic E-state index is 5.64. The molecule has 0 saturated heterocycles. The summed E-state index contributed by atoms with van der Waals surface area (Å²) in [7, 11) is 0. The molecule has 0 heterocycles. The summed E-state index contributed by atoms with van der Waals surface area (Å²) in [5, 5.41) is 0. The lowest BCUT2D eigenvalue weighted by molar-refractivity contribution is -0.0888. The second-order valence-electron chi connectivity index (χ2n) is 5.23. The van der Waals surface area contributed by atoms with Gasteiger partial charge in [-0.3, -0.25) is 4.84 Å². The van der Waals surface area contributed by atoms with Crippen LogP contribution in [0.3, 0.4) is 0 Å². The first kappa shape index (κ1) is 12.1. The van der Waals surface area contributed by atoms with Crippen LogP contribution in [0, 0.1) is 0 Å². The molecule has 1 aromatic rings. The summed E-state index contributed by atoms with van der Waals surface area (Å²) in [6.07, 6.45) is 2.22. The van der Waals surface area contributed by atoms with E-state index in [4.69, 9.17) is 4.84 Å². The molecule has 0 spiro atoms. The van der Waals surface area contributed by atoms with E-state index >= 15 is 0 Å². The zero-order valence-corrected chi connectivity index (χ0v) is 11.6. The summed E-state index contributed by atoms with van der Waals surface area (Å²) in [6, 6.07) is 6.69. The maximum atomic E-state index is 5.64. The van der Waals surface area contributed by atoms with E-state index in [0.29, 0.717) is 6.04 Å². The fourth-order valence-corrected chi connectivity index (χ4v) is 2.56. The zero-order valence-electron chi connectivity index (χ0n) is 10.0. The Balaban J connectivity index is 2.09. The Morgan fingerprint density at radius 2 is 2.12 bits per heavy atom. The third-order valence-electron chi connectivity index (χ3n) is 2.72. The molecule has 0 radical (unpaired) electrons. The van der Waals surface area contributed by atoms with E-state index in [1.807, 2.05) is 0 Å². The van der Waals surface area contributed by atoms with E-state index in [1.54, 1.807) is 0 Å². The van der Waals surface area contributed by atoms with Gasteiger partial charge in [0, 0.05) is 4.47 Å². The SMILES string of the molecule is CC(C)(C)ONC1CCc2c(Br)cccc21. The molecule has 1 aliphatic rings. The van der Waals surface area contributed by atoms with Crippen molar-refractivity contribution in [2.75, 3.05) is 0 Å². The van der Waals surface area contributed by atoms with Crippen molar-refractivity contribution in [2.24, 2.45) is 0 Å². The van der Waals surface area contributed by atoms with Gasteiger partial charge in [0.2, 0.25) is 0 Å². The van der Waals surface area contributed by atoms with Gasteiger partial charge in [0.15, 0.2) is 0 Å². The Hall–Kier alpha value is -0.380. The van der Waals surface area contributed by atoms with Gasteiger partial charge in [-0.25, -0.2) is 0 Å². The molecule has 2 rings (SSSR count). The van der Waals surface area contributed by atoms with Gasteiger partial charge in [0.25, 0.3) is 0 Å². The number of nitrogens with one attached hydrogen (secondary N) is 1. The zero-order chi connectivity index (χ0) is 11.8. The lowest BCUT2D eigenvalue weighted by atomic mass is 10.1. The van der Waals surface area contributed by atoms with Crippen molar-refractivity contribution >= 4 is 15.9 Å². The molecular weight excluding hydrogens is 266 g/mol. The standard InChI is InChI=1S/C13H18BrNO/c1-13(2,3)16-15-12-8-7-9-10(12)5-4-6-11(9)14/h4-6,12,15H,7-8H2,1-3H3. The first-order valence-electron chi connectivity index (χ1n) is 5.68. The maximum Gasteiger partial charge on any atom is 0.0813 e. The molecule has 1 aromatic carbocycles. The summed E-state index contributed by atoms with van der Waals surface area (Å²) in [6.45, 7) is 6.16. The third-order valence-corrected chi connectivity index (χ3v) is 3.46. The summed E-state index contributed by atoms with van der Waals surface area (Å²) in [5.41, 5.74) is 5.81. The van der Waals surface area contributed by atoms with Gasteiger partial charge in [0.05, 0.1) is 11.6 Å². The van der Waals surface area contributed by atoms with Crippen LogP contribution in [0.4, 0.5) is 0 Å². The molecule has 0 saturated carbocycles. The first-order valence-corrected chi connectivity index (χ1v) is 6.47. The van der Waals surface area contributed by atoms with E-state index in [-0.39, 0.29) is 5.60 Å². The number of hydroxylamine groups is 1. The highest BCUT2D eigenvalue weighted by Crippen LogP contribution is 2.35. The Bertz CT molecular complexity index is 384. The van der Waals surface area contributed by atoms with Crippen LogP contribution in [-0.4, -0.2) is 5.60 Å². The van der Waals surface area contributed by atoms with Gasteiger partial charge in [-0.15, -0.1) is 0 Å². The summed E-state index contributed by atoms with van der Waals surface area (Å²) in [5.74, 6) is 0. The predicted octanol–water partition coefficient (Wildman–Crippen LogP) is 3.76. The van der Waals surface area contributed by atoms with Crippen LogP contribution in [0.5, 0.6) is 0 Å². The van der Waals surface area contributed by atoms with Crippen molar-refractivity contribution < 1.29 is 4.84 Å². The number of benzene rings is 1. The fourth-order valence-electron chi connectivity index (χ4n) is 1.98. The highest BCUT2D eigenvalue weighted by molar-refractivity contribution is 9.10. The van der Waals surface area contributed by atoms with Gasteiger partial charge in [-0.2, -0.15) is 5.48 Å². The van der Waals surface area contributed by atoms with Crippen LogP contribution in [0.15, 0.2) is 22.7 Å². The Morgan fingerprint density at radius 3 is 2.81 bits per heavy atom. The van der Waals surface area contributed by atoms with Crippen LogP contribution >= 0.6 is 15.9 Å². The molecule has 3 heteroatoms. The fraction of sp³-hybridized carbons (Fsp3) is 0.538. The largest absolute Gasteiger partial charge is 0.296 e. The molecule has 1 unspecified atom stereocenters. The molecule has 0 aliphatic heterocycles. The van der Waals surface area contributed by atoms with Gasteiger partial charge < -0.3 is 0 Å². The van der Waals surface area contributed by atoms with Gasteiger partial charge in [-0.1, -0.05) is 28.1 Å². The quantitative estimate of drug-likeness (QED) is 0.835. The number of rotatable bonds is 2. The smallest absolute Gasteiger partial charge is 0.0813 e. The Morgan fingerprint density at radius 1 is 1.38 bits per heavy atom. The lowest BCUT2D eigenvalue weighted by Crippen LogP contribution is -2.31. The summed E-state index contributed by atoms with van der Waals surface area (Å²) >= 11 is 3.60. The summed E-state index contributed by atoms with van der Waals surface area (Å²) < 4.78 is 1.21. The van der Waals surface area contributed by atoms with Crippen molar-refractivity contribution in [1.82, 2.24) is 5.48 Å². The average Bonchev–Trinajstić information content (AvgIpc) is 2.58. The van der Waals surface area contributed by atoms with Crippen LogP contribution in [0.2, 0.25) is 0 Å². The molecule has 88 valence electrons. The average molecular weight is 284 g/mol. The normalized spacial score (nSPS) is 19.9. The van der Waals surface area contributed by atoms with Crippen LogP contribution in [0.1, 0.15) is 44.4 Å². The van der Waals surface area contributed by atoms with Crippen LogP contribution in [0.25, 0.3) is 0 Å². The van der Waals surface area contributed by atoms with E-state index in [1.165, 1.54) is 15.6 Å². The monoisotopic (exact) mass is 283 g/mol. The third kappa shape index (κ3) is 2.65. The molecule has 0 amide bonds. The number of hydrogen-bond acceptors (Lipinski definition) is 2. The van der Waals surface area contributed by atoms with Crippen molar-refractivity contribution in [3.8, 4) is 0 Å². The van der Waals surface area contributed by atoms with Crippen molar-refractivity contribution in [3.05, 3.63) is 33.8 Å². The van der Waals surface area contributed by atoms with E-state index in [9.17, 15) is 0 Å². The second kappa shape index (κ2) is 4.47. The van der Waals surface area contributed by atoms with Gasteiger partial charge in [-0.05, 0) is 50.8 Å². The van der Waals surface area contributed by atoms with Crippen molar-refractivity contribution in [1.29, 1.82) is 0 Å². The topological polar surface area (TPSA) is 21.3 Å². The Kier molecular flexibility index (Phi) is 3.38. The van der Waals surface area contributed by atoms with Crippen LogP contribution < -0.4 is 5.48 Å². The van der Waals surface area contributed by atoms with E-state index < -0.39 is 0 Å². The minimum absolute atomic E-state index is 0.144. The van der Waals surface area contributed by atoms with E-state index in [0.717, 1.165) is 12.8 Å². The molecule has 1 aliphatic carbocycles. The molecule has 2 nitrogen and oxygen atoms in total. The molecule has 16 heavy (non-hydrogen) atoms. The molecule has 0 bridgehead atoms. The highest BCUT2D eigenvalue weighted by Gasteiger charge is 2.25. The molecule has 0 aromatic heterocycles. The minimum atomic E-state index is -0.144. The number of hydrogen-bond donors (Lipinski definition) is 1. The predicted molar refractivity (Wildman–Crippen MR) is 69.2 cm³/mol. The van der Waals surface area contributed by atoms with Gasteiger partial charge in [0.1, 0.15) is 0 Å².